The van der Waals surface area contributed by atoms with E-state index in [0.29, 0.717) is 42.6 Å². The molecule has 10 bridgehead atoms. The second-order valence-corrected chi connectivity index (χ2v) is 20.1. The number of aliphatic hydroxyl groups is 2. The average Bonchev–Trinajstić information content (AvgIpc) is 3.35. The van der Waals surface area contributed by atoms with Crippen LogP contribution in [-0.4, -0.2) is 58.8 Å². The Balaban J connectivity index is 0.00000560. The number of hydrogen-bond donors (Lipinski definition) is 5. The van der Waals surface area contributed by atoms with Gasteiger partial charge in [0.05, 0.1) is 21.5 Å². The average molecular weight is 894 g/mol. The Labute approximate surface area is 398 Å². The molecule has 11 nitrogen and oxygen atoms in total. The molecule has 7 N–H and O–H groups in total. The molecular weight excluding hydrogens is 838 g/mol. The summed E-state index contributed by atoms with van der Waals surface area (Å²) in [5.74, 6) is 4.73. The molecule has 11 rings (SSSR count). The number of rotatable bonds is 8. The second-order valence-electron chi connectivity index (χ2n) is 18.6. The zero-order valence-corrected chi connectivity index (χ0v) is 39.3. The van der Waals surface area contributed by atoms with E-state index < -0.39 is 45.1 Å². The maximum Gasteiger partial charge on any atom is 1.00 e. The molecule has 5 aliphatic heterocycles. The number of benzene rings is 4. The van der Waals surface area contributed by atoms with E-state index in [-0.39, 0.29) is 96.9 Å². The van der Waals surface area contributed by atoms with E-state index in [2.05, 4.69) is 18.8 Å². The summed E-state index contributed by atoms with van der Waals surface area (Å²) in [5.41, 5.74) is 17.8. The molecule has 5 heterocycles. The van der Waals surface area contributed by atoms with Gasteiger partial charge in [-0.2, -0.15) is 0 Å². The van der Waals surface area contributed by atoms with Crippen molar-refractivity contribution in [3.63, 3.8) is 0 Å². The van der Waals surface area contributed by atoms with Gasteiger partial charge in [0.2, 0.25) is 5.72 Å². The summed E-state index contributed by atoms with van der Waals surface area (Å²) < 4.78 is 56.1. The molecule has 0 amide bonds. The van der Waals surface area contributed by atoms with Crippen molar-refractivity contribution < 1.29 is 67.3 Å². The van der Waals surface area contributed by atoms with Crippen molar-refractivity contribution in [2.24, 2.45) is 46.0 Å². The summed E-state index contributed by atoms with van der Waals surface area (Å²) in [7, 11) is -4.90. The summed E-state index contributed by atoms with van der Waals surface area (Å²) >= 11 is 0. The van der Waals surface area contributed by atoms with Crippen molar-refractivity contribution in [2.45, 2.75) is 93.3 Å². The normalized spacial score (nSPS) is 29.6. The van der Waals surface area contributed by atoms with Crippen LogP contribution in [0, 0.1) is 41.4 Å². The molecular formula is C51H56N3NaO8S. The molecule has 2 aliphatic carbocycles. The number of aryl methyl sites for hydroxylation is 1. The van der Waals surface area contributed by atoms with E-state index in [4.69, 9.17) is 25.9 Å². The SMILES string of the molecule is CC1CCc2cc3ccc2C1CC(S(=O)(=O)[O-])C1C=C2CC(CC4OC2c2ccc(O)cc2C#CCC4CO)C1c1ccc(cc1)C(CC(CO)Cc1ccccc1)(N=C(N)N)O3.[Na+]. The summed E-state index contributed by atoms with van der Waals surface area (Å²) in [6, 6.07) is 28.7. The number of aromatic hydroxyl groups is 1. The summed E-state index contributed by atoms with van der Waals surface area (Å²) in [4.78, 5) is 4.86. The standard InChI is InChI=1S/C51H57N3O8S.Na/c1-30-10-11-35-23-41-17-19-42(35)44(30)26-47(63(58,59)60)45-24-38-21-37(25-46-36(29-56)9-5-8-34-22-40(57)16-18-43(34)49(38)61-46)48(45)33-12-14-39(15-13-33)51(62-41,54-50(52)53)27-32(28-55)20-31-6-3-2-4-7-31;/h2-4,6-7,12-19,22-24,30,32,36-37,44-49,55-57H,9-11,20-21,25-29H2,1H3,(H4,52,53,54)(H,58,59,60);/q;+1/p-1. The number of hydrogen-bond acceptors (Lipinski definition) is 9. The number of fused-ring (bicyclic) bond motifs is 9. The third kappa shape index (κ3) is 9.29. The molecule has 11 atom stereocenters. The van der Waals surface area contributed by atoms with Crippen molar-refractivity contribution in [1.82, 2.24) is 0 Å². The molecule has 4 aromatic rings. The van der Waals surface area contributed by atoms with Crippen LogP contribution in [0.25, 0.3) is 0 Å². The number of allylic oxidation sites excluding steroid dienone is 1. The quantitative estimate of drug-likeness (QED) is 0.0435. The number of aliphatic imine (C=N–C) groups is 1. The van der Waals surface area contributed by atoms with Crippen molar-refractivity contribution in [3.8, 4) is 23.3 Å². The maximum atomic E-state index is 14.0. The van der Waals surface area contributed by atoms with Crippen LogP contribution in [0.2, 0.25) is 0 Å². The Bertz CT molecular complexity index is 2570. The third-order valence-corrected chi connectivity index (χ3v) is 15.8. The predicted molar refractivity (Wildman–Crippen MR) is 239 cm³/mol. The monoisotopic (exact) mass is 893 g/mol. The Hall–Kier alpha value is -4.16. The van der Waals surface area contributed by atoms with Crippen molar-refractivity contribution in [2.75, 3.05) is 13.2 Å². The van der Waals surface area contributed by atoms with Crippen molar-refractivity contribution in [1.29, 1.82) is 0 Å². The predicted octanol–water partition coefficient (Wildman–Crippen LogP) is 3.67. The number of ether oxygens (including phenoxy) is 2. The van der Waals surface area contributed by atoms with Gasteiger partial charge >= 0.3 is 29.6 Å². The first kappa shape index (κ1) is 46.4. The van der Waals surface area contributed by atoms with Crippen molar-refractivity contribution >= 4 is 16.1 Å². The van der Waals surface area contributed by atoms with Crippen LogP contribution in [0.1, 0.15) is 102 Å². The van der Waals surface area contributed by atoms with Gasteiger partial charge in [0.1, 0.15) is 17.6 Å². The van der Waals surface area contributed by atoms with Crippen LogP contribution >= 0.6 is 0 Å². The molecule has 0 saturated carbocycles. The fourth-order valence-electron chi connectivity index (χ4n) is 11.5. The molecule has 4 aromatic carbocycles. The minimum atomic E-state index is -4.90. The first-order valence-electron chi connectivity index (χ1n) is 22.2. The van der Waals surface area contributed by atoms with E-state index in [0.717, 1.165) is 46.2 Å². The Morgan fingerprint density at radius 3 is 2.48 bits per heavy atom. The minimum Gasteiger partial charge on any atom is -0.748 e. The van der Waals surface area contributed by atoms with Gasteiger partial charge in [0.25, 0.3) is 0 Å². The molecule has 330 valence electrons. The van der Waals surface area contributed by atoms with Crippen molar-refractivity contribution in [3.05, 3.63) is 142 Å². The molecule has 64 heavy (non-hydrogen) atoms. The van der Waals surface area contributed by atoms with Crippen LogP contribution in [0.5, 0.6) is 11.5 Å². The maximum absolute atomic E-state index is 14.0. The van der Waals surface area contributed by atoms with E-state index in [1.54, 1.807) is 12.1 Å². The molecule has 7 aliphatic rings. The number of guanidine groups is 1. The zero-order valence-electron chi connectivity index (χ0n) is 36.5. The first-order chi connectivity index (χ1) is 30.3. The molecule has 1 saturated heterocycles. The molecule has 11 unspecified atom stereocenters. The molecule has 0 radical (unpaired) electrons. The number of phenols is 1. The van der Waals surface area contributed by atoms with Gasteiger partial charge in [-0.05, 0) is 126 Å². The number of phenolic OH excluding ortho intramolecular Hbond substituents is 1. The van der Waals surface area contributed by atoms with Crippen LogP contribution in [0.15, 0.2) is 108 Å². The van der Waals surface area contributed by atoms with Crippen LogP contribution < -0.4 is 45.8 Å². The topological polar surface area (TPSA) is 201 Å². The Morgan fingerprint density at radius 2 is 1.77 bits per heavy atom. The van der Waals surface area contributed by atoms with E-state index in [1.807, 2.05) is 84.9 Å². The molecule has 1 fully saturated rings. The third-order valence-electron chi connectivity index (χ3n) is 14.6. The van der Waals surface area contributed by atoms with Gasteiger partial charge in [-0.1, -0.05) is 91.6 Å². The zero-order chi connectivity index (χ0) is 44.0. The van der Waals surface area contributed by atoms with Gasteiger partial charge in [0, 0.05) is 48.7 Å². The summed E-state index contributed by atoms with van der Waals surface area (Å²) in [5, 5.41) is 30.9. The number of nitrogens with two attached hydrogens (primary N) is 2. The molecule has 0 spiro atoms. The van der Waals surface area contributed by atoms with Gasteiger partial charge in [0.15, 0.2) is 5.96 Å². The minimum absolute atomic E-state index is 0. The van der Waals surface area contributed by atoms with E-state index in [1.165, 1.54) is 0 Å². The number of nitrogens with zero attached hydrogens (tertiary/aromatic N) is 1. The molecule has 0 aromatic heterocycles. The van der Waals surface area contributed by atoms with E-state index in [9.17, 15) is 28.3 Å². The van der Waals surface area contributed by atoms with Gasteiger partial charge in [-0.15, -0.1) is 0 Å². The van der Waals surface area contributed by atoms with Crippen LogP contribution in [0.4, 0.5) is 0 Å². The second kappa shape index (κ2) is 19.0. The van der Waals surface area contributed by atoms with Gasteiger partial charge < -0.3 is 40.8 Å². The first-order valence-corrected chi connectivity index (χ1v) is 23.7. The molecule has 13 heteroatoms. The largest absolute Gasteiger partial charge is 1.00 e. The van der Waals surface area contributed by atoms with Gasteiger partial charge in [-0.25, -0.2) is 13.4 Å². The summed E-state index contributed by atoms with van der Waals surface area (Å²) in [6.45, 7) is 1.83. The van der Waals surface area contributed by atoms with E-state index >= 15 is 0 Å². The smallest absolute Gasteiger partial charge is 0.748 e. The Morgan fingerprint density at radius 1 is 1.00 bits per heavy atom. The number of aliphatic hydroxyl groups excluding tert-OH is 2. The van der Waals surface area contributed by atoms with Crippen LogP contribution in [0.3, 0.4) is 0 Å². The van der Waals surface area contributed by atoms with Crippen LogP contribution in [-0.2, 0) is 33.4 Å². The Kier molecular flexibility index (Phi) is 13.8. The summed E-state index contributed by atoms with van der Waals surface area (Å²) in [6.07, 6.45) is 4.79. The fraction of sp³-hybridized carbons (Fsp3) is 0.431. The van der Waals surface area contributed by atoms with Gasteiger partial charge in [-0.3, -0.25) is 0 Å². The fourth-order valence-corrected chi connectivity index (χ4v) is 12.6.